The van der Waals surface area contributed by atoms with Crippen molar-refractivity contribution in [3.63, 3.8) is 0 Å². The lowest BCUT2D eigenvalue weighted by Crippen LogP contribution is -2.06. The average molecular weight is 322 g/mol. The largest absolute Gasteiger partial charge is 0.480 e. The Kier molecular flexibility index (Phi) is 12.5. The fourth-order valence-electron chi connectivity index (χ4n) is 0.883. The zero-order chi connectivity index (χ0) is 17.7. The summed E-state index contributed by atoms with van der Waals surface area (Å²) in [6, 6.07) is 8.02. The Labute approximate surface area is 136 Å². The highest BCUT2D eigenvalue weighted by atomic mass is 32.1. The van der Waals surface area contributed by atoms with Crippen LogP contribution < -0.4 is 0 Å². The maximum atomic E-state index is 9.62. The molecule has 0 aliphatic rings. The van der Waals surface area contributed by atoms with Gasteiger partial charge in [-0.25, -0.2) is 4.79 Å². The summed E-state index contributed by atoms with van der Waals surface area (Å²) in [4.78, 5) is 19.2. The summed E-state index contributed by atoms with van der Waals surface area (Å²) < 4.78 is 0. The number of thiol groups is 1. The maximum absolute atomic E-state index is 9.62. The molecule has 1 atom stereocenters. The first-order valence-corrected chi connectivity index (χ1v) is 6.82. The van der Waals surface area contributed by atoms with Gasteiger partial charge in [-0.05, 0) is 25.0 Å². The minimum Gasteiger partial charge on any atom is -0.480 e. The van der Waals surface area contributed by atoms with Crippen molar-refractivity contribution in [2.24, 2.45) is 0 Å². The van der Waals surface area contributed by atoms with E-state index in [1.54, 1.807) is 0 Å². The van der Waals surface area contributed by atoms with Crippen LogP contribution in [0.1, 0.15) is 25.0 Å². The summed E-state index contributed by atoms with van der Waals surface area (Å²) in [5.41, 5.74) is 2.45. The average Bonchev–Trinajstić information content (AvgIpc) is 2.48. The summed E-state index contributed by atoms with van der Waals surface area (Å²) >= 11 is 3.59. The van der Waals surface area contributed by atoms with Gasteiger partial charge in [-0.2, -0.15) is 12.6 Å². The second kappa shape index (κ2) is 12.5. The molecule has 2 N–H and O–H groups in total. The second-order valence-corrected chi connectivity index (χ2v) is 4.91. The summed E-state index contributed by atoms with van der Waals surface area (Å²) in [7, 11) is 0. The second-order valence-electron chi connectivity index (χ2n) is 4.14. The molecular formula is C17H22O4S. The maximum Gasteiger partial charge on any atom is 0.330 e. The van der Waals surface area contributed by atoms with Gasteiger partial charge in [-0.15, -0.1) is 0 Å². The van der Waals surface area contributed by atoms with Crippen LogP contribution in [0.2, 0.25) is 0 Å². The molecular weight excluding hydrogens is 300 g/mol. The van der Waals surface area contributed by atoms with Gasteiger partial charge < -0.3 is 10.2 Å². The third-order valence-electron chi connectivity index (χ3n) is 2.16. The summed E-state index contributed by atoms with van der Waals surface area (Å²) in [5.74, 6) is -1.81. The molecule has 1 aromatic carbocycles. The smallest absolute Gasteiger partial charge is 0.330 e. The van der Waals surface area contributed by atoms with Crippen molar-refractivity contribution in [3.05, 3.63) is 60.7 Å². The molecule has 0 heterocycles. The van der Waals surface area contributed by atoms with E-state index in [1.165, 1.54) is 13.8 Å². The van der Waals surface area contributed by atoms with Crippen LogP contribution >= 0.6 is 12.6 Å². The Morgan fingerprint density at radius 2 is 1.41 bits per heavy atom. The number of carbonyl (C=O) groups is 2. The minimum atomic E-state index is -0.935. The molecule has 4 nitrogen and oxygen atoms in total. The van der Waals surface area contributed by atoms with Gasteiger partial charge in [0, 0.05) is 5.57 Å². The topological polar surface area (TPSA) is 74.6 Å². The Morgan fingerprint density at radius 3 is 1.55 bits per heavy atom. The Morgan fingerprint density at radius 1 is 1.14 bits per heavy atom. The molecule has 5 heteroatoms. The normalized spacial score (nSPS) is 9.77. The number of rotatable bonds is 4. The molecule has 0 saturated heterocycles. The fourth-order valence-corrected chi connectivity index (χ4v) is 0.883. The van der Waals surface area contributed by atoms with Crippen LogP contribution in [0.5, 0.6) is 0 Å². The molecule has 0 aromatic heterocycles. The third kappa shape index (κ3) is 11.5. The number of carboxylic acid groups (broad SMARTS) is 2. The molecule has 1 aromatic rings. The zero-order valence-corrected chi connectivity index (χ0v) is 13.7. The summed E-state index contributed by atoms with van der Waals surface area (Å²) in [6.45, 7) is 13.5. The van der Waals surface area contributed by atoms with E-state index < -0.39 is 17.2 Å². The number of hydrogen-bond donors (Lipinski definition) is 3. The van der Waals surface area contributed by atoms with Crippen molar-refractivity contribution in [1.29, 1.82) is 0 Å². The monoisotopic (exact) mass is 322 g/mol. The molecule has 1 unspecified atom stereocenters. The van der Waals surface area contributed by atoms with Gasteiger partial charge in [-0.1, -0.05) is 56.2 Å². The van der Waals surface area contributed by atoms with E-state index in [2.05, 4.69) is 32.4 Å². The van der Waals surface area contributed by atoms with Crippen LogP contribution in [0.15, 0.2) is 49.6 Å². The summed E-state index contributed by atoms with van der Waals surface area (Å²) in [6.07, 6.45) is 3.66. The first kappa shape index (κ1) is 22.0. The molecule has 0 aliphatic heterocycles. The van der Waals surface area contributed by atoms with E-state index in [1.807, 2.05) is 36.4 Å². The quantitative estimate of drug-likeness (QED) is 0.578. The van der Waals surface area contributed by atoms with E-state index in [9.17, 15) is 9.59 Å². The van der Waals surface area contributed by atoms with Crippen molar-refractivity contribution < 1.29 is 19.8 Å². The predicted octanol–water partition coefficient (Wildman–Crippen LogP) is 4.01. The number of benzene rings is 1. The van der Waals surface area contributed by atoms with Crippen LogP contribution in [0.4, 0.5) is 0 Å². The zero-order valence-electron chi connectivity index (χ0n) is 12.8. The van der Waals surface area contributed by atoms with Gasteiger partial charge in [0.05, 0.1) is 5.25 Å². The van der Waals surface area contributed by atoms with Crippen molar-refractivity contribution in [2.45, 2.75) is 19.1 Å². The lowest BCUT2D eigenvalue weighted by molar-refractivity contribution is -0.136. The van der Waals surface area contributed by atoms with E-state index in [-0.39, 0.29) is 5.57 Å². The van der Waals surface area contributed by atoms with Crippen molar-refractivity contribution >= 4 is 36.7 Å². The fraction of sp³-hybridized carbons (Fsp3) is 0.176. The van der Waals surface area contributed by atoms with Crippen LogP contribution in [0, 0.1) is 0 Å². The van der Waals surface area contributed by atoms with Crippen LogP contribution in [-0.4, -0.2) is 27.4 Å². The Balaban J connectivity index is 0. The highest BCUT2D eigenvalue weighted by Crippen LogP contribution is 2.10. The van der Waals surface area contributed by atoms with E-state index in [4.69, 9.17) is 10.2 Å². The van der Waals surface area contributed by atoms with Gasteiger partial charge >= 0.3 is 11.9 Å². The molecule has 0 radical (unpaired) electrons. The predicted molar refractivity (Wildman–Crippen MR) is 95.2 cm³/mol. The molecule has 1 rings (SSSR count). The number of hydrogen-bond acceptors (Lipinski definition) is 3. The molecule has 22 heavy (non-hydrogen) atoms. The van der Waals surface area contributed by atoms with E-state index in [0.717, 1.165) is 11.1 Å². The van der Waals surface area contributed by atoms with Crippen molar-refractivity contribution in [3.8, 4) is 0 Å². The number of aliphatic carboxylic acids is 2. The molecule has 120 valence electrons. The Hall–Kier alpha value is -2.27. The summed E-state index contributed by atoms with van der Waals surface area (Å²) in [5, 5.41) is 15.3. The molecule has 0 amide bonds. The standard InChI is InChI=1S/C10H10.C4H6O2.C3H6O2S/c1-3-9-7-5-6-8-10(9)4-2;1-3(2)4(5)6;1-2(6)3(4)5/h3-8H,1-2H2;1H2,2H3,(H,5,6);2,6H,1H3,(H,4,5). The van der Waals surface area contributed by atoms with Gasteiger partial charge in [0.2, 0.25) is 0 Å². The highest BCUT2D eigenvalue weighted by molar-refractivity contribution is 7.81. The minimum absolute atomic E-state index is 0.176. The molecule has 0 bridgehead atoms. The SMILES string of the molecule is C=C(C)C(=O)O.C=Cc1ccccc1C=C.CC(S)C(=O)O. The highest BCUT2D eigenvalue weighted by Gasteiger charge is 2.00. The first-order valence-electron chi connectivity index (χ1n) is 6.30. The molecule has 0 saturated carbocycles. The number of carboxylic acids is 2. The molecule has 0 fully saturated rings. The first-order chi connectivity index (χ1) is 10.2. The van der Waals surface area contributed by atoms with Crippen LogP contribution in [0.25, 0.3) is 12.2 Å². The lowest BCUT2D eigenvalue weighted by atomic mass is 10.1. The Bertz CT molecular complexity index is 494. The van der Waals surface area contributed by atoms with Gasteiger partial charge in [0.25, 0.3) is 0 Å². The van der Waals surface area contributed by atoms with Crippen LogP contribution in [0.3, 0.4) is 0 Å². The van der Waals surface area contributed by atoms with Crippen LogP contribution in [-0.2, 0) is 9.59 Å². The van der Waals surface area contributed by atoms with Crippen molar-refractivity contribution in [2.75, 3.05) is 0 Å². The third-order valence-corrected chi connectivity index (χ3v) is 2.38. The van der Waals surface area contributed by atoms with Gasteiger partial charge in [0.1, 0.15) is 0 Å². The molecule has 0 spiro atoms. The van der Waals surface area contributed by atoms with E-state index in [0.29, 0.717) is 0 Å². The van der Waals surface area contributed by atoms with Crippen molar-refractivity contribution in [1.82, 2.24) is 0 Å². The van der Waals surface area contributed by atoms with E-state index >= 15 is 0 Å². The molecule has 0 aliphatic carbocycles. The van der Waals surface area contributed by atoms with Gasteiger partial charge in [-0.3, -0.25) is 4.79 Å². The lowest BCUT2D eigenvalue weighted by Gasteiger charge is -1.96. The van der Waals surface area contributed by atoms with Gasteiger partial charge in [0.15, 0.2) is 0 Å².